The molecule has 0 spiro atoms. The van der Waals surface area contributed by atoms with Crippen LogP contribution in [0.25, 0.3) is 11.1 Å². The predicted molar refractivity (Wildman–Crippen MR) is 155 cm³/mol. The van der Waals surface area contributed by atoms with Gasteiger partial charge in [0.25, 0.3) is 5.91 Å². The first-order chi connectivity index (χ1) is 20.3. The third kappa shape index (κ3) is 4.34. The van der Waals surface area contributed by atoms with E-state index >= 15 is 0 Å². The second-order valence-electron chi connectivity index (χ2n) is 11.4. The van der Waals surface area contributed by atoms with Crippen molar-refractivity contribution in [3.63, 3.8) is 0 Å². The summed E-state index contributed by atoms with van der Waals surface area (Å²) in [5.41, 5.74) is 3.60. The number of ether oxygens (including phenoxy) is 1. The summed E-state index contributed by atoms with van der Waals surface area (Å²) in [6.07, 6.45) is 1.15. The molecule has 0 fully saturated rings. The van der Waals surface area contributed by atoms with E-state index in [9.17, 15) is 39.9 Å². The van der Waals surface area contributed by atoms with Crippen LogP contribution in [0.3, 0.4) is 0 Å². The van der Waals surface area contributed by atoms with E-state index < -0.39 is 64.1 Å². The van der Waals surface area contributed by atoms with Crippen LogP contribution in [0.4, 0.5) is 0 Å². The molecule has 11 heteroatoms. The predicted octanol–water partition coefficient (Wildman–Crippen LogP) is 2.41. The van der Waals surface area contributed by atoms with E-state index in [-0.39, 0.29) is 29.7 Å². The van der Waals surface area contributed by atoms with Crippen molar-refractivity contribution in [3.8, 4) is 22.6 Å². The molecule has 0 aromatic heterocycles. The molecule has 2 aromatic carbocycles. The van der Waals surface area contributed by atoms with Crippen molar-refractivity contribution in [2.75, 3.05) is 21.2 Å². The monoisotopic (exact) mass is 590 g/mol. The maximum Gasteiger partial charge on any atom is 0.255 e. The largest absolute Gasteiger partial charge is 0.510 e. The van der Waals surface area contributed by atoms with Crippen LogP contribution < -0.4 is 10.5 Å². The van der Waals surface area contributed by atoms with Gasteiger partial charge in [0.15, 0.2) is 11.4 Å². The molecule has 43 heavy (non-hydrogen) atoms. The lowest BCUT2D eigenvalue weighted by atomic mass is 9.58. The third-order valence-electron chi connectivity index (χ3n) is 8.89. The zero-order valence-electron chi connectivity index (χ0n) is 24.0. The molecule has 0 saturated carbocycles. The summed E-state index contributed by atoms with van der Waals surface area (Å²) >= 11 is 0. The molecule has 0 bridgehead atoms. The van der Waals surface area contributed by atoms with Crippen molar-refractivity contribution in [1.29, 1.82) is 0 Å². The fourth-order valence-corrected chi connectivity index (χ4v) is 6.94. The summed E-state index contributed by atoms with van der Waals surface area (Å²) in [7, 11) is 4.63. The second kappa shape index (κ2) is 10.7. The van der Waals surface area contributed by atoms with E-state index in [1.807, 2.05) is 0 Å². The first-order valence-electron chi connectivity index (χ1n) is 13.8. The van der Waals surface area contributed by atoms with Crippen molar-refractivity contribution < 1.29 is 44.7 Å². The Morgan fingerprint density at radius 2 is 1.88 bits per heavy atom. The Hall–Kier alpha value is -4.45. The van der Waals surface area contributed by atoms with E-state index in [0.29, 0.717) is 34.4 Å². The molecule has 0 heterocycles. The SMILES string of the molecule is C=CCC(O)c1ccc(OC)c(-c2ccc(O)c3c2CC2CC4C(N(C)C)C(O)=C(C(N)=O)C(=O)C4(O)C(O)=C2C3=O)c1. The van der Waals surface area contributed by atoms with E-state index in [1.54, 1.807) is 44.4 Å². The van der Waals surface area contributed by atoms with Gasteiger partial charge in [-0.05, 0) is 74.2 Å². The number of nitrogens with two attached hydrogens (primary N) is 1. The van der Waals surface area contributed by atoms with Gasteiger partial charge >= 0.3 is 0 Å². The van der Waals surface area contributed by atoms with Gasteiger partial charge in [-0.15, -0.1) is 6.58 Å². The number of methoxy groups -OCH3 is 1. The summed E-state index contributed by atoms with van der Waals surface area (Å²) in [5, 5.41) is 55.7. The number of primary amides is 1. The number of amides is 1. The smallest absolute Gasteiger partial charge is 0.255 e. The van der Waals surface area contributed by atoms with Gasteiger partial charge in [0.05, 0.1) is 24.8 Å². The fraction of sp³-hybridized carbons (Fsp3) is 0.344. The van der Waals surface area contributed by atoms with Gasteiger partial charge in [0.1, 0.15) is 28.6 Å². The fourth-order valence-electron chi connectivity index (χ4n) is 6.94. The summed E-state index contributed by atoms with van der Waals surface area (Å²) in [4.78, 5) is 41.2. The number of Topliss-reactive ketones (excluding diaryl/α,β-unsaturated/α-hetero) is 2. The van der Waals surface area contributed by atoms with Crippen LogP contribution in [0.5, 0.6) is 11.5 Å². The number of rotatable bonds is 7. The van der Waals surface area contributed by atoms with Crippen molar-refractivity contribution in [2.45, 2.75) is 37.0 Å². The summed E-state index contributed by atoms with van der Waals surface area (Å²) in [5.74, 6) is -6.69. The van der Waals surface area contributed by atoms with Gasteiger partial charge in [-0.2, -0.15) is 0 Å². The number of aliphatic hydroxyl groups excluding tert-OH is 3. The number of nitrogens with zero attached hydrogens (tertiary/aromatic N) is 1. The van der Waals surface area contributed by atoms with Gasteiger partial charge in [-0.25, -0.2) is 0 Å². The number of aromatic hydroxyl groups is 1. The molecule has 0 aliphatic heterocycles. The number of aliphatic hydroxyl groups is 4. The number of likely N-dealkylation sites (N-methyl/N-ethyl adjacent to an activating group) is 1. The third-order valence-corrected chi connectivity index (χ3v) is 8.89. The molecule has 5 rings (SSSR count). The van der Waals surface area contributed by atoms with Crippen molar-refractivity contribution in [1.82, 2.24) is 4.90 Å². The highest BCUT2D eigenvalue weighted by Gasteiger charge is 2.63. The van der Waals surface area contributed by atoms with Gasteiger partial charge in [-0.1, -0.05) is 18.2 Å². The Kier molecular flexibility index (Phi) is 7.45. The van der Waals surface area contributed by atoms with E-state index in [1.165, 1.54) is 18.1 Å². The molecule has 7 N–H and O–H groups in total. The zero-order valence-corrected chi connectivity index (χ0v) is 24.0. The standard InChI is InChI=1S/C32H34N2O9/c1-5-6-20(35)14-7-10-22(43-4)17(11-14)16-8-9-21(36)24-18(16)12-15-13-19-26(34(2)3)28(38)25(31(33)41)30(40)32(19,42)29(39)23(15)27(24)37/h5,7-11,15,19-20,26,35-36,38-39,42H,1,6,12-13H2,2-4H3,(H2,33,41). The minimum atomic E-state index is -2.71. The summed E-state index contributed by atoms with van der Waals surface area (Å²) < 4.78 is 5.60. The van der Waals surface area contributed by atoms with Crippen molar-refractivity contribution in [2.24, 2.45) is 17.6 Å². The van der Waals surface area contributed by atoms with Crippen molar-refractivity contribution >= 4 is 17.5 Å². The van der Waals surface area contributed by atoms with Crippen LogP contribution in [0.15, 0.2) is 65.7 Å². The molecule has 5 atom stereocenters. The average Bonchev–Trinajstić information content (AvgIpc) is 2.94. The Labute approximate surface area is 247 Å². The molecule has 0 radical (unpaired) electrons. The number of carbonyl (C=O) groups is 3. The highest BCUT2D eigenvalue weighted by atomic mass is 16.5. The molecule has 3 aliphatic rings. The molecule has 0 saturated heterocycles. The van der Waals surface area contributed by atoms with Gasteiger partial charge in [-0.3, -0.25) is 19.3 Å². The second-order valence-corrected chi connectivity index (χ2v) is 11.4. The average molecular weight is 591 g/mol. The lowest BCUT2D eigenvalue weighted by molar-refractivity contribution is -0.148. The van der Waals surface area contributed by atoms with Gasteiger partial charge < -0.3 is 36.0 Å². The van der Waals surface area contributed by atoms with Crippen LogP contribution in [0.2, 0.25) is 0 Å². The molecule has 2 aromatic rings. The Balaban J connectivity index is 1.72. The lowest BCUT2D eigenvalue weighted by Gasteiger charge is -2.50. The Morgan fingerprint density at radius 3 is 2.49 bits per heavy atom. The van der Waals surface area contributed by atoms with Crippen LogP contribution in [0, 0.1) is 11.8 Å². The van der Waals surface area contributed by atoms with Crippen molar-refractivity contribution in [3.05, 3.63) is 82.3 Å². The number of allylic oxidation sites excluding steroid dienone is 1. The molecule has 3 aliphatic carbocycles. The van der Waals surface area contributed by atoms with E-state index in [4.69, 9.17) is 10.5 Å². The number of carbonyl (C=O) groups excluding carboxylic acids is 3. The van der Waals surface area contributed by atoms with Gasteiger partial charge in [0, 0.05) is 17.1 Å². The molecular weight excluding hydrogens is 556 g/mol. The van der Waals surface area contributed by atoms with E-state index in [2.05, 4.69) is 6.58 Å². The normalized spacial score (nSPS) is 25.7. The van der Waals surface area contributed by atoms with Gasteiger partial charge in [0.2, 0.25) is 5.78 Å². The molecular formula is C32H34N2O9. The maximum atomic E-state index is 14.1. The number of ketones is 2. The first kappa shape index (κ1) is 30.0. The molecule has 11 nitrogen and oxygen atoms in total. The number of fused-ring (bicyclic) bond motifs is 3. The minimum Gasteiger partial charge on any atom is -0.510 e. The molecule has 5 unspecified atom stereocenters. The maximum absolute atomic E-state index is 14.1. The zero-order chi connectivity index (χ0) is 31.5. The minimum absolute atomic E-state index is 0.0317. The Bertz CT molecular complexity index is 1640. The first-order valence-corrected chi connectivity index (χ1v) is 13.8. The molecule has 226 valence electrons. The van der Waals surface area contributed by atoms with Crippen LogP contribution in [-0.4, -0.2) is 80.8 Å². The van der Waals surface area contributed by atoms with E-state index in [0.717, 1.165) is 0 Å². The molecule has 1 amide bonds. The summed E-state index contributed by atoms with van der Waals surface area (Å²) in [6, 6.07) is 7.03. The number of hydrogen-bond acceptors (Lipinski definition) is 10. The lowest BCUT2D eigenvalue weighted by Crippen LogP contribution is -2.63. The Morgan fingerprint density at radius 1 is 1.19 bits per heavy atom. The van der Waals surface area contributed by atoms with Crippen LogP contribution in [-0.2, 0) is 16.0 Å². The quantitative estimate of drug-likeness (QED) is 0.206. The summed E-state index contributed by atoms with van der Waals surface area (Å²) in [6.45, 7) is 3.67. The van der Waals surface area contributed by atoms with Crippen LogP contribution in [0.1, 0.15) is 40.4 Å². The number of phenolic OH excluding ortho intramolecular Hbond substituents is 1. The number of benzene rings is 2. The number of phenols is 1. The number of hydrogen-bond donors (Lipinski definition) is 6. The van der Waals surface area contributed by atoms with Crippen LogP contribution >= 0.6 is 0 Å². The highest BCUT2D eigenvalue weighted by molar-refractivity contribution is 6.25. The topological polar surface area (TPSA) is 191 Å². The highest BCUT2D eigenvalue weighted by Crippen LogP contribution is 2.53.